The molecule has 8 heteroatoms. The standard InChI is InChI=1S/C17H17ClN4O2S/c18-8-1-3-9(4-2-8)21-17(24)22-16-13(15(19)23)11-7-10-5-6-12(20-10)14(11)25-16/h1-4,10,12,20H,5-7H2,(H2,19,23)(H2,21,22,24)/t10-,12+/m0/s1. The molecule has 0 unspecified atom stereocenters. The Balaban J connectivity index is 1.58. The van der Waals surface area contributed by atoms with Gasteiger partial charge in [-0.05, 0) is 49.1 Å². The predicted octanol–water partition coefficient (Wildman–Crippen LogP) is 3.49. The molecule has 5 N–H and O–H groups in total. The summed E-state index contributed by atoms with van der Waals surface area (Å²) in [6, 6.07) is 7.03. The quantitative estimate of drug-likeness (QED) is 0.660. The number of nitrogens with two attached hydrogens (primary N) is 1. The van der Waals surface area contributed by atoms with Gasteiger partial charge in [-0.3, -0.25) is 10.1 Å². The Kier molecular flexibility index (Phi) is 4.15. The van der Waals surface area contributed by atoms with Gasteiger partial charge in [0.15, 0.2) is 0 Å². The van der Waals surface area contributed by atoms with Gasteiger partial charge in [0.25, 0.3) is 5.91 Å². The summed E-state index contributed by atoms with van der Waals surface area (Å²) in [5.74, 6) is -0.499. The summed E-state index contributed by atoms with van der Waals surface area (Å²) in [4.78, 5) is 25.4. The number of amides is 3. The number of carbonyl (C=O) groups excluding carboxylic acids is 2. The van der Waals surface area contributed by atoms with Crippen LogP contribution in [0.4, 0.5) is 15.5 Å². The molecule has 3 heterocycles. The maximum Gasteiger partial charge on any atom is 0.324 e. The van der Waals surface area contributed by atoms with Gasteiger partial charge in [-0.15, -0.1) is 11.3 Å². The highest BCUT2D eigenvalue weighted by Gasteiger charge is 2.37. The van der Waals surface area contributed by atoms with Crippen molar-refractivity contribution in [1.29, 1.82) is 0 Å². The van der Waals surface area contributed by atoms with E-state index in [9.17, 15) is 9.59 Å². The molecule has 3 amide bonds. The van der Waals surface area contributed by atoms with Crippen LogP contribution in [0, 0.1) is 0 Å². The van der Waals surface area contributed by atoms with E-state index in [2.05, 4.69) is 16.0 Å². The molecule has 25 heavy (non-hydrogen) atoms. The second-order valence-corrected chi connectivity index (χ2v) is 7.79. The maximum atomic E-state index is 12.3. The lowest BCUT2D eigenvalue weighted by Crippen LogP contribution is -2.32. The Labute approximate surface area is 153 Å². The lowest BCUT2D eigenvalue weighted by Gasteiger charge is -2.21. The van der Waals surface area contributed by atoms with Gasteiger partial charge >= 0.3 is 6.03 Å². The van der Waals surface area contributed by atoms with E-state index in [0.29, 0.717) is 27.3 Å². The van der Waals surface area contributed by atoms with Crippen LogP contribution < -0.4 is 21.7 Å². The summed E-state index contributed by atoms with van der Waals surface area (Å²) < 4.78 is 0. The third kappa shape index (κ3) is 3.10. The molecule has 4 rings (SSSR count). The molecule has 1 aromatic carbocycles. The number of anilines is 2. The number of benzene rings is 1. The van der Waals surface area contributed by atoms with Crippen LogP contribution >= 0.6 is 22.9 Å². The minimum atomic E-state index is -0.499. The third-order valence-electron chi connectivity index (χ3n) is 4.62. The van der Waals surface area contributed by atoms with Crippen molar-refractivity contribution in [1.82, 2.24) is 5.32 Å². The predicted molar refractivity (Wildman–Crippen MR) is 99.5 cm³/mol. The van der Waals surface area contributed by atoms with Gasteiger partial charge in [-0.25, -0.2) is 4.79 Å². The molecular formula is C17H17ClN4O2S. The van der Waals surface area contributed by atoms with Crippen LogP contribution in [0.15, 0.2) is 24.3 Å². The number of hydrogen-bond donors (Lipinski definition) is 4. The number of hydrogen-bond acceptors (Lipinski definition) is 4. The highest BCUT2D eigenvalue weighted by atomic mass is 35.5. The van der Waals surface area contributed by atoms with Gasteiger partial charge in [-0.1, -0.05) is 11.6 Å². The fourth-order valence-electron chi connectivity index (χ4n) is 3.55. The molecule has 2 aliphatic heterocycles. The number of carbonyl (C=O) groups is 2. The van der Waals surface area contributed by atoms with E-state index in [1.807, 2.05) is 0 Å². The van der Waals surface area contributed by atoms with Crippen LogP contribution in [-0.2, 0) is 6.42 Å². The van der Waals surface area contributed by atoms with Crippen molar-refractivity contribution in [3.05, 3.63) is 45.3 Å². The zero-order valence-corrected chi connectivity index (χ0v) is 14.8. The average molecular weight is 377 g/mol. The Bertz CT molecular complexity index is 849. The molecule has 2 aliphatic rings. The first-order valence-electron chi connectivity index (χ1n) is 8.06. The van der Waals surface area contributed by atoms with Crippen LogP contribution in [0.1, 0.15) is 39.7 Å². The van der Waals surface area contributed by atoms with Crippen molar-refractivity contribution in [2.45, 2.75) is 31.3 Å². The van der Waals surface area contributed by atoms with Crippen molar-refractivity contribution in [2.75, 3.05) is 10.6 Å². The first-order valence-corrected chi connectivity index (χ1v) is 9.25. The van der Waals surface area contributed by atoms with Crippen molar-refractivity contribution >= 4 is 45.6 Å². The van der Waals surface area contributed by atoms with Crippen molar-refractivity contribution < 1.29 is 9.59 Å². The molecule has 130 valence electrons. The Hall–Kier alpha value is -2.09. The molecule has 2 bridgehead atoms. The summed E-state index contributed by atoms with van der Waals surface area (Å²) in [6.45, 7) is 0. The van der Waals surface area contributed by atoms with E-state index in [1.165, 1.54) is 11.3 Å². The highest BCUT2D eigenvalue weighted by Crippen LogP contribution is 2.45. The normalized spacial score (nSPS) is 20.8. The minimum absolute atomic E-state index is 0.256. The van der Waals surface area contributed by atoms with E-state index in [0.717, 1.165) is 29.7 Å². The molecule has 0 radical (unpaired) electrons. The first-order chi connectivity index (χ1) is 12.0. The van der Waals surface area contributed by atoms with Crippen LogP contribution in [0.3, 0.4) is 0 Å². The molecular weight excluding hydrogens is 360 g/mol. The smallest absolute Gasteiger partial charge is 0.324 e. The van der Waals surface area contributed by atoms with Crippen molar-refractivity contribution in [3.63, 3.8) is 0 Å². The van der Waals surface area contributed by atoms with E-state index in [1.54, 1.807) is 24.3 Å². The fourth-order valence-corrected chi connectivity index (χ4v) is 5.00. The molecule has 2 aromatic rings. The molecule has 0 saturated carbocycles. The lowest BCUT2D eigenvalue weighted by molar-refractivity contribution is 0.100. The van der Waals surface area contributed by atoms with Crippen LogP contribution in [0.5, 0.6) is 0 Å². The second kappa shape index (κ2) is 6.33. The van der Waals surface area contributed by atoms with Gasteiger partial charge < -0.3 is 16.4 Å². The summed E-state index contributed by atoms with van der Waals surface area (Å²) >= 11 is 7.27. The fraction of sp³-hybridized carbons (Fsp3) is 0.294. The molecule has 0 aliphatic carbocycles. The minimum Gasteiger partial charge on any atom is -0.365 e. The van der Waals surface area contributed by atoms with Gasteiger partial charge in [0.1, 0.15) is 5.00 Å². The van der Waals surface area contributed by atoms with Gasteiger partial charge in [0.05, 0.1) is 5.56 Å². The Morgan fingerprint density at radius 3 is 2.68 bits per heavy atom. The molecule has 1 aromatic heterocycles. The van der Waals surface area contributed by atoms with Gasteiger partial charge in [0.2, 0.25) is 0 Å². The van der Waals surface area contributed by atoms with Crippen LogP contribution in [0.25, 0.3) is 0 Å². The Morgan fingerprint density at radius 1 is 1.20 bits per heavy atom. The SMILES string of the molecule is NC(=O)c1c(NC(=O)Nc2ccc(Cl)cc2)sc2c1C[C@@H]1CC[C@H]2N1. The maximum absolute atomic E-state index is 12.3. The van der Waals surface area contributed by atoms with E-state index < -0.39 is 11.9 Å². The molecule has 1 fully saturated rings. The van der Waals surface area contributed by atoms with Crippen molar-refractivity contribution in [2.24, 2.45) is 5.73 Å². The molecule has 2 atom stereocenters. The number of nitrogens with one attached hydrogen (secondary N) is 3. The van der Waals surface area contributed by atoms with Crippen molar-refractivity contribution in [3.8, 4) is 0 Å². The largest absolute Gasteiger partial charge is 0.365 e. The average Bonchev–Trinajstić information content (AvgIpc) is 3.12. The number of halogens is 1. The van der Waals surface area contributed by atoms with E-state index in [-0.39, 0.29) is 6.04 Å². The van der Waals surface area contributed by atoms with Gasteiger partial charge in [-0.2, -0.15) is 0 Å². The third-order valence-corrected chi connectivity index (χ3v) is 6.13. The molecule has 1 saturated heterocycles. The number of rotatable bonds is 3. The number of thiophene rings is 1. The number of primary amides is 1. The summed E-state index contributed by atoms with van der Waals surface area (Å²) in [7, 11) is 0. The monoisotopic (exact) mass is 376 g/mol. The molecule has 0 spiro atoms. The summed E-state index contributed by atoms with van der Waals surface area (Å²) in [5, 5.41) is 10.2. The van der Waals surface area contributed by atoms with Gasteiger partial charge in [0, 0.05) is 27.7 Å². The second-order valence-electron chi connectivity index (χ2n) is 6.30. The lowest BCUT2D eigenvalue weighted by atomic mass is 9.98. The van der Waals surface area contributed by atoms with Crippen LogP contribution in [0.2, 0.25) is 5.02 Å². The summed E-state index contributed by atoms with van der Waals surface area (Å²) in [6.07, 6.45) is 2.93. The highest BCUT2D eigenvalue weighted by molar-refractivity contribution is 7.17. The van der Waals surface area contributed by atoms with Crippen LogP contribution in [-0.4, -0.2) is 18.0 Å². The number of fused-ring (bicyclic) bond motifs is 4. The first kappa shape index (κ1) is 16.4. The van der Waals surface area contributed by atoms with E-state index in [4.69, 9.17) is 17.3 Å². The Morgan fingerprint density at radius 2 is 1.96 bits per heavy atom. The summed E-state index contributed by atoms with van der Waals surface area (Å²) in [5.41, 5.74) is 7.66. The molecule has 6 nitrogen and oxygen atoms in total. The van der Waals surface area contributed by atoms with E-state index >= 15 is 0 Å². The number of urea groups is 1. The topological polar surface area (TPSA) is 96.2 Å². The zero-order valence-electron chi connectivity index (χ0n) is 13.3. The zero-order chi connectivity index (χ0) is 17.6.